The summed E-state index contributed by atoms with van der Waals surface area (Å²) in [6, 6.07) is 17.3. The van der Waals surface area contributed by atoms with Crippen molar-refractivity contribution in [1.82, 2.24) is 33.3 Å². The minimum absolute atomic E-state index is 0.106. The predicted molar refractivity (Wildman–Crippen MR) is 186 cm³/mol. The van der Waals surface area contributed by atoms with Gasteiger partial charge in [-0.3, -0.25) is 4.79 Å². The van der Waals surface area contributed by atoms with E-state index in [0.29, 0.717) is 29.6 Å². The molecule has 2 aliphatic carbocycles. The van der Waals surface area contributed by atoms with Crippen molar-refractivity contribution in [2.45, 2.75) is 77.4 Å². The number of hydrogen-bond donors (Lipinski definition) is 3. The van der Waals surface area contributed by atoms with Crippen LogP contribution in [0, 0.1) is 11.8 Å². The first-order valence-corrected chi connectivity index (χ1v) is 17.2. The van der Waals surface area contributed by atoms with Gasteiger partial charge in [0.2, 0.25) is 0 Å². The summed E-state index contributed by atoms with van der Waals surface area (Å²) < 4.78 is 5.06. The first kappa shape index (κ1) is 30.9. The number of phenols is 1. The van der Waals surface area contributed by atoms with E-state index in [0.717, 1.165) is 51.4 Å². The van der Waals surface area contributed by atoms with Gasteiger partial charge in [0.25, 0.3) is 0 Å². The smallest absolute Gasteiger partial charge is 0.341 e. The Balaban J connectivity index is 0.000000150. The van der Waals surface area contributed by atoms with E-state index >= 15 is 0 Å². The lowest BCUT2D eigenvalue weighted by atomic mass is 9.68. The van der Waals surface area contributed by atoms with Crippen molar-refractivity contribution >= 4 is 39.3 Å². The van der Waals surface area contributed by atoms with Gasteiger partial charge in [-0.25, -0.2) is 28.0 Å². The van der Waals surface area contributed by atoms with Crippen LogP contribution in [0.3, 0.4) is 0 Å². The van der Waals surface area contributed by atoms with Crippen LogP contribution in [-0.4, -0.2) is 38.4 Å². The van der Waals surface area contributed by atoms with Crippen LogP contribution < -0.4 is 16.3 Å². The second kappa shape index (κ2) is 12.8. The quantitative estimate of drug-likeness (QED) is 0.193. The Morgan fingerprint density at radius 3 is 2.60 bits per heavy atom. The van der Waals surface area contributed by atoms with Crippen LogP contribution in [0.5, 0.6) is 5.75 Å². The first-order chi connectivity index (χ1) is 22.8. The van der Waals surface area contributed by atoms with E-state index in [2.05, 4.69) is 20.1 Å². The van der Waals surface area contributed by atoms with E-state index in [-0.39, 0.29) is 28.4 Å². The monoisotopic (exact) mass is 652 g/mol. The minimum Gasteiger partial charge on any atom is -0.508 e. The fourth-order valence-electron chi connectivity index (χ4n) is 7.46. The molecule has 8 rings (SSSR count). The van der Waals surface area contributed by atoms with Gasteiger partial charge in [-0.1, -0.05) is 62.4 Å². The normalized spacial score (nSPS) is 19.5. The Labute approximate surface area is 275 Å². The molecule has 244 valence electrons. The molecule has 0 aliphatic heterocycles. The summed E-state index contributed by atoms with van der Waals surface area (Å²) in [4.78, 5) is 36.9. The number of rotatable bonds is 5. The van der Waals surface area contributed by atoms with Gasteiger partial charge in [0.15, 0.2) is 5.65 Å². The molecular formula is C35H40N8O3S. The minimum atomic E-state index is -0.123. The van der Waals surface area contributed by atoms with Gasteiger partial charge in [-0.2, -0.15) is 5.10 Å². The van der Waals surface area contributed by atoms with E-state index in [1.54, 1.807) is 12.1 Å². The molecule has 4 N–H and O–H groups in total. The maximum atomic E-state index is 12.9. The SMILES string of the molecule is CC(C)n1nc(-c2cc3cc(O)ccc3[nH]2)c2c(N)ncnc21.O=c1sn(C2CCCC3CCCCC32)c(=O)n1Cc1ccccc1. The fourth-order valence-corrected chi connectivity index (χ4v) is 8.45. The number of nitrogen functional groups attached to an aromatic ring is 1. The van der Waals surface area contributed by atoms with Gasteiger partial charge >= 0.3 is 10.6 Å². The number of aromatic hydroxyl groups is 1. The molecule has 12 heteroatoms. The van der Waals surface area contributed by atoms with Crippen LogP contribution in [0.2, 0.25) is 0 Å². The van der Waals surface area contributed by atoms with Crippen molar-refractivity contribution in [3.8, 4) is 17.1 Å². The third-order valence-corrected chi connectivity index (χ3v) is 10.7. The van der Waals surface area contributed by atoms with Gasteiger partial charge in [0.05, 0.1) is 23.7 Å². The molecule has 0 amide bonds. The average Bonchev–Trinajstić information content (AvgIpc) is 3.76. The summed E-state index contributed by atoms with van der Waals surface area (Å²) >= 11 is 1.13. The number of aromatic nitrogens is 7. The average molecular weight is 653 g/mol. The number of nitrogens with zero attached hydrogens (tertiary/aromatic N) is 6. The highest BCUT2D eigenvalue weighted by Crippen LogP contribution is 2.45. The zero-order chi connectivity index (χ0) is 32.7. The highest BCUT2D eigenvalue weighted by molar-refractivity contribution is 7.03. The molecule has 0 saturated heterocycles. The van der Waals surface area contributed by atoms with Crippen LogP contribution in [0.25, 0.3) is 33.3 Å². The molecule has 4 aromatic heterocycles. The van der Waals surface area contributed by atoms with Crippen LogP contribution in [-0.2, 0) is 6.54 Å². The summed E-state index contributed by atoms with van der Waals surface area (Å²) in [7, 11) is 0. The lowest BCUT2D eigenvalue weighted by Crippen LogP contribution is -2.37. The highest BCUT2D eigenvalue weighted by Gasteiger charge is 2.37. The Morgan fingerprint density at radius 2 is 1.79 bits per heavy atom. The second-order valence-corrected chi connectivity index (χ2v) is 14.0. The molecule has 2 saturated carbocycles. The number of phenolic OH excluding ortho intramolecular Hbond substituents is 1. The molecule has 3 unspecified atom stereocenters. The Hall–Kier alpha value is -4.71. The molecule has 2 aliphatic rings. The maximum Gasteiger partial charge on any atom is 0.341 e. The number of nitrogens with one attached hydrogen (secondary N) is 1. The summed E-state index contributed by atoms with van der Waals surface area (Å²) in [5, 5.41) is 15.9. The largest absolute Gasteiger partial charge is 0.508 e. The molecule has 2 aromatic carbocycles. The van der Waals surface area contributed by atoms with Gasteiger partial charge in [-0.05, 0) is 68.4 Å². The molecule has 0 bridgehead atoms. The number of hydrogen-bond acceptors (Lipinski definition) is 8. The Kier molecular flexibility index (Phi) is 8.44. The summed E-state index contributed by atoms with van der Waals surface area (Å²) in [5.74, 6) is 1.97. The third-order valence-electron chi connectivity index (χ3n) is 9.70. The standard InChI is InChI=1S/C19H24N2O2S.C16H16N6O/c22-18-20(13-14-7-2-1-3-8-14)19(23)24-21(18)17-12-6-10-15-9-4-5-11-16(15)17;1-8(2)22-16-13(15(17)18-7-19-16)14(21-22)12-6-9-5-10(23)3-4-11(9)20-12/h1-3,7-8,15-17H,4-6,9-13H2;3-8,20,23H,1-2H3,(H2,17,18,19). The number of anilines is 1. The van der Waals surface area contributed by atoms with Gasteiger partial charge in [-0.15, -0.1) is 0 Å². The van der Waals surface area contributed by atoms with Crippen molar-refractivity contribution in [3.05, 3.63) is 86.6 Å². The van der Waals surface area contributed by atoms with Crippen molar-refractivity contribution in [2.24, 2.45) is 11.8 Å². The van der Waals surface area contributed by atoms with Gasteiger partial charge < -0.3 is 15.8 Å². The molecule has 2 fully saturated rings. The lowest BCUT2D eigenvalue weighted by Gasteiger charge is -2.41. The number of nitrogens with two attached hydrogens (primary N) is 1. The van der Waals surface area contributed by atoms with Crippen LogP contribution in [0.4, 0.5) is 5.82 Å². The molecule has 11 nitrogen and oxygen atoms in total. The van der Waals surface area contributed by atoms with Crippen LogP contribution in [0.15, 0.2) is 70.5 Å². The van der Waals surface area contributed by atoms with Gasteiger partial charge in [0.1, 0.15) is 23.6 Å². The lowest BCUT2D eigenvalue weighted by molar-refractivity contribution is 0.112. The molecule has 0 radical (unpaired) electrons. The topological polar surface area (TPSA) is 150 Å². The third kappa shape index (κ3) is 5.97. The van der Waals surface area contributed by atoms with E-state index in [1.807, 2.05) is 65.0 Å². The van der Waals surface area contributed by atoms with Gasteiger partial charge in [0, 0.05) is 28.5 Å². The van der Waals surface area contributed by atoms with E-state index in [4.69, 9.17) is 5.73 Å². The van der Waals surface area contributed by atoms with Crippen molar-refractivity contribution < 1.29 is 5.11 Å². The van der Waals surface area contributed by atoms with E-state index in [9.17, 15) is 14.7 Å². The molecular weight excluding hydrogens is 613 g/mol. The number of H-pyrrole nitrogens is 1. The number of aromatic amines is 1. The molecule has 0 spiro atoms. The zero-order valence-corrected chi connectivity index (χ0v) is 27.5. The predicted octanol–water partition coefficient (Wildman–Crippen LogP) is 6.49. The number of fused-ring (bicyclic) bond motifs is 3. The number of benzene rings is 2. The molecule has 6 aromatic rings. The summed E-state index contributed by atoms with van der Waals surface area (Å²) in [5.41, 5.74) is 10.1. The molecule has 47 heavy (non-hydrogen) atoms. The van der Waals surface area contributed by atoms with Crippen LogP contribution in [0.1, 0.15) is 76.4 Å². The van der Waals surface area contributed by atoms with E-state index < -0.39 is 0 Å². The van der Waals surface area contributed by atoms with Crippen molar-refractivity contribution in [1.29, 1.82) is 0 Å². The highest BCUT2D eigenvalue weighted by atomic mass is 32.1. The molecule has 4 heterocycles. The van der Waals surface area contributed by atoms with E-state index in [1.165, 1.54) is 49.4 Å². The maximum absolute atomic E-state index is 12.9. The van der Waals surface area contributed by atoms with Crippen molar-refractivity contribution in [3.63, 3.8) is 0 Å². The van der Waals surface area contributed by atoms with Crippen molar-refractivity contribution in [2.75, 3.05) is 5.73 Å². The second-order valence-electron chi connectivity index (χ2n) is 13.0. The fraction of sp³-hybridized carbons (Fsp3) is 0.400. The summed E-state index contributed by atoms with van der Waals surface area (Å²) in [6.07, 6.45) is 10.1. The molecule has 3 atom stereocenters. The zero-order valence-electron chi connectivity index (χ0n) is 26.7. The summed E-state index contributed by atoms with van der Waals surface area (Å²) in [6.45, 7) is 4.46. The Morgan fingerprint density at radius 1 is 1.00 bits per heavy atom. The Bertz CT molecular complexity index is 2140. The van der Waals surface area contributed by atoms with Crippen LogP contribution >= 0.6 is 11.5 Å². The first-order valence-electron chi connectivity index (χ1n) is 16.5.